The van der Waals surface area contributed by atoms with Crippen LogP contribution in [0.3, 0.4) is 0 Å². The number of amides is 8. The lowest BCUT2D eigenvalue weighted by molar-refractivity contribution is -0.112. The number of urea groups is 2. The van der Waals surface area contributed by atoms with Crippen LogP contribution in [-0.4, -0.2) is 209 Å². The van der Waals surface area contributed by atoms with E-state index in [0.717, 1.165) is 152 Å². The minimum Gasteiger partial charge on any atom is -0.444 e. The number of halogens is 1. The van der Waals surface area contributed by atoms with Crippen LogP contribution in [0.1, 0.15) is 259 Å². The predicted octanol–water partition coefficient (Wildman–Crippen LogP) is 14.8. The number of fused-ring (bicyclic) bond motifs is 12. The Kier molecular flexibility index (Phi) is 37.6. The second-order valence-corrected chi connectivity index (χ2v) is 43.3. The van der Waals surface area contributed by atoms with Gasteiger partial charge in [0, 0.05) is 109 Å². The molecule has 4 saturated carbocycles. The number of hydrogen-bond donors (Lipinski definition) is 9. The van der Waals surface area contributed by atoms with Crippen LogP contribution in [0.4, 0.5) is 48.3 Å². The summed E-state index contributed by atoms with van der Waals surface area (Å²) in [5.74, 6) is 7.38. The van der Waals surface area contributed by atoms with E-state index in [9.17, 15) is 50.4 Å². The smallest absolute Gasteiger partial charge is 0.407 e. The van der Waals surface area contributed by atoms with E-state index in [4.69, 9.17) is 31.8 Å². The molecule has 0 unspecified atom stereocenters. The molecule has 0 aromatic carbocycles. The first-order valence-corrected chi connectivity index (χ1v) is 49.6. The van der Waals surface area contributed by atoms with Crippen molar-refractivity contribution >= 4 is 103 Å². The number of anilines is 5. The lowest BCUT2D eigenvalue weighted by Crippen LogP contribution is -2.41. The summed E-state index contributed by atoms with van der Waals surface area (Å²) in [6.07, 6.45) is 26.2. The third kappa shape index (κ3) is 31.8. The fourth-order valence-electron chi connectivity index (χ4n) is 18.3. The molecule has 10 N–H and O–H groups in total. The number of ether oxygens (including phenoxy) is 2. The van der Waals surface area contributed by atoms with Crippen molar-refractivity contribution in [3.05, 3.63) is 76.9 Å². The molecule has 6 aliphatic heterocycles. The maximum atomic E-state index is 13.6. The number of pyridine rings is 4. The van der Waals surface area contributed by atoms with E-state index in [2.05, 4.69) is 121 Å². The number of sulfonamides is 2. The van der Waals surface area contributed by atoms with Crippen molar-refractivity contribution < 1.29 is 59.9 Å². The Morgan fingerprint density at radius 2 is 0.976 bits per heavy atom. The highest BCUT2D eigenvalue weighted by atomic mass is 35.5. The van der Waals surface area contributed by atoms with Crippen LogP contribution in [0.25, 0.3) is 0 Å². The summed E-state index contributed by atoms with van der Waals surface area (Å²) in [5.41, 5.74) is 4.08. The van der Waals surface area contributed by atoms with Crippen molar-refractivity contribution in [1.82, 2.24) is 60.4 Å². The number of carbonyl (C=O) groups excluding carboxylic acids is 7. The van der Waals surface area contributed by atoms with Crippen molar-refractivity contribution in [2.45, 2.75) is 271 Å². The quantitative estimate of drug-likeness (QED) is 0.0341. The minimum absolute atomic E-state index is 0.0627. The van der Waals surface area contributed by atoms with Gasteiger partial charge >= 0.3 is 24.2 Å². The highest BCUT2D eigenvalue weighted by Gasteiger charge is 2.44. The Morgan fingerprint density at radius 1 is 0.532 bits per heavy atom. The van der Waals surface area contributed by atoms with Crippen LogP contribution in [-0.2, 0) is 34.3 Å². The summed E-state index contributed by atoms with van der Waals surface area (Å²) in [5, 5.41) is 17.7. The third-order valence-corrected chi connectivity index (χ3v) is 28.1. The molecule has 4 aromatic heterocycles. The lowest BCUT2D eigenvalue weighted by atomic mass is 9.83. The fraction of sp³-hybridized carbons (Fsp3) is 0.707. The van der Waals surface area contributed by atoms with Crippen molar-refractivity contribution in [2.75, 3.05) is 124 Å². The van der Waals surface area contributed by atoms with Gasteiger partial charge in [0.05, 0.1) is 11.1 Å². The van der Waals surface area contributed by atoms with Crippen molar-refractivity contribution in [3.63, 3.8) is 0 Å². The molecule has 4 aliphatic carbocycles. The van der Waals surface area contributed by atoms with Gasteiger partial charge in [-0.2, -0.15) is 16.8 Å². The monoisotopic (exact) mass is 1810 g/mol. The minimum atomic E-state index is -4.24. The van der Waals surface area contributed by atoms with Crippen LogP contribution in [0.15, 0.2) is 70.7 Å². The molecule has 0 radical (unpaired) electrons. The van der Waals surface area contributed by atoms with E-state index >= 15 is 0 Å². The molecule has 34 heteroatoms. The normalized spacial score (nSPS) is 25.5. The number of aromatic nitrogens is 4. The summed E-state index contributed by atoms with van der Waals surface area (Å²) in [6, 6.07) is 15.7. The first kappa shape index (κ1) is 101. The molecule has 8 fully saturated rings. The van der Waals surface area contributed by atoms with Gasteiger partial charge in [0.2, 0.25) is 0 Å². The summed E-state index contributed by atoms with van der Waals surface area (Å²) in [6.45, 7) is 39.5. The Bertz CT molecular complexity index is 4460. The zero-order valence-corrected chi connectivity index (χ0v) is 79.8. The molecule has 8 amide bonds. The van der Waals surface area contributed by atoms with Crippen molar-refractivity contribution in [1.29, 1.82) is 0 Å². The fourth-order valence-corrected chi connectivity index (χ4v) is 20.3. The third-order valence-electron chi connectivity index (χ3n) is 25.4. The molecular weight excluding hydrogens is 1660 g/mol. The first-order valence-electron chi connectivity index (χ1n) is 46.2. The van der Waals surface area contributed by atoms with Crippen LogP contribution in [0.2, 0.25) is 5.15 Å². The average molecular weight is 1810 g/mol. The molecule has 4 saturated heterocycles. The van der Waals surface area contributed by atoms with Gasteiger partial charge in [-0.05, 0) is 267 Å². The summed E-state index contributed by atoms with van der Waals surface area (Å²) >= 11 is 6.14. The van der Waals surface area contributed by atoms with Gasteiger partial charge < -0.3 is 71.5 Å². The molecule has 126 heavy (non-hydrogen) atoms. The number of carbonyl (C=O) groups is 7. The van der Waals surface area contributed by atoms with Crippen LogP contribution in [0.5, 0.6) is 0 Å². The molecule has 8 bridgehead atoms. The number of nitrogens with two attached hydrogens (primary N) is 1. The second kappa shape index (κ2) is 46.7. The van der Waals surface area contributed by atoms with E-state index in [0.29, 0.717) is 105 Å². The predicted molar refractivity (Wildman–Crippen MR) is 496 cm³/mol. The van der Waals surface area contributed by atoms with Crippen LogP contribution < -0.4 is 61.8 Å². The van der Waals surface area contributed by atoms with E-state index in [1.54, 1.807) is 41.3 Å². The summed E-state index contributed by atoms with van der Waals surface area (Å²) in [7, 11) is -8.40. The SMILES string of the molecule is CC(C)(C)OC(=O)NCCN.CC1(C)C[C@@H]2CCCNc3cccc(n3)S(=O)(=O)NC(=O)c3ccc(Cl)nc3N1C2.CC1CCC(C=O)CC1.CC1CCC(CN2CCN(c3ccc4c(n3)N3C[C@@H](CCCNc5cccc(n5)S(=O)(=O)NC4=O)CC3(C)C)C2=O)CC1.CC1CCC(CN2CCNC2=O)CC1.CC1CCC(CNCCNC(=O)OC(C)(C)C)CC1. The van der Waals surface area contributed by atoms with Gasteiger partial charge in [0.25, 0.3) is 31.9 Å². The maximum absolute atomic E-state index is 13.6. The maximum Gasteiger partial charge on any atom is 0.407 e. The number of aldehydes is 1. The molecule has 0 spiro atoms. The Morgan fingerprint density at radius 3 is 1.43 bits per heavy atom. The summed E-state index contributed by atoms with van der Waals surface area (Å²) in [4.78, 5) is 112. The van der Waals surface area contributed by atoms with Crippen molar-refractivity contribution in [3.8, 4) is 0 Å². The Hall–Kier alpha value is -8.40. The average Bonchev–Trinajstić information content (AvgIpc) is 1.57. The number of hydrogen-bond acceptors (Lipinski definition) is 23. The first-order chi connectivity index (χ1) is 59.6. The zero-order chi connectivity index (χ0) is 91.7. The van der Waals surface area contributed by atoms with Gasteiger partial charge in [-0.3, -0.25) is 14.5 Å². The van der Waals surface area contributed by atoms with Gasteiger partial charge in [-0.15, -0.1) is 0 Å². The standard InChI is InChI=1S/C31H43N7O4S.C20H24ClN5O3S.C15H30N2O2.C11H20N2O.C8H14O.C7H16N2O2/c1-21-9-11-22(12-10-21)19-36-16-17-37(30(36)40)26-14-13-24-28(34-26)38-20-23(18-31(38,2)3)6-5-15-32-25-7-4-8-27(33-25)43(41,42)35-29(24)39;1-20(2)11-13-5-4-10-22-16-6-3-7-17(24-16)30(28,29)25-19(27)14-8-9-15(21)23-18(14)26(20)12-13;1-12-5-7-13(8-6-12)11-16-9-10-17-14(18)19-15(2,3)4;1-9-2-4-10(5-3-9)8-13-7-6-12-11(13)14;1-7-2-4-8(6-9)5-3-7;1-7(2,3)11-6(10)9-5-4-8/h4,7-8,13-14,21-23H,5-6,9-12,15-20H2,1-3H3,(H,32,33)(H,35,39);3,6-9,13H,4-5,10-12H2,1-2H3,(H,22,24)(H,25,27);12-13,16H,5-11H2,1-4H3,(H,17,18);9-10H,2-8H2,1H3,(H,12,14);6-8H,2-5H2,1H3;4-5,8H2,1-3H3,(H,9,10)/t21?,22?,23-;13-;;;;/m00..../s1. The molecular formula is C92H147ClN18O13S2. The second-order valence-electron chi connectivity index (χ2n) is 39.7. The molecule has 702 valence electrons. The lowest BCUT2D eigenvalue weighted by Gasteiger charge is -2.34. The topological polar surface area (TPSA) is 396 Å². The molecule has 14 rings (SSSR count). The zero-order valence-electron chi connectivity index (χ0n) is 77.4. The molecule has 31 nitrogen and oxygen atoms in total. The van der Waals surface area contributed by atoms with Gasteiger partial charge in [-0.1, -0.05) is 103 Å². The van der Waals surface area contributed by atoms with Crippen molar-refractivity contribution in [2.24, 2.45) is 64.9 Å². The van der Waals surface area contributed by atoms with E-state index in [1.165, 1.54) is 101 Å². The molecule has 10 aliphatic rings. The largest absolute Gasteiger partial charge is 0.444 e. The summed E-state index contributed by atoms with van der Waals surface area (Å²) < 4.78 is 66.5. The number of rotatable bonds is 13. The van der Waals surface area contributed by atoms with Crippen LogP contribution >= 0.6 is 11.6 Å². The number of alkyl carbamates (subject to hydrolysis) is 2. The Labute approximate surface area is 754 Å². The molecule has 2 atom stereocenters. The van der Waals surface area contributed by atoms with E-state index < -0.39 is 49.2 Å². The van der Waals surface area contributed by atoms with E-state index in [-0.39, 0.29) is 55.6 Å². The number of nitrogens with zero attached hydrogens (tertiary/aromatic N) is 9. The Balaban J connectivity index is 0.000000187. The van der Waals surface area contributed by atoms with E-state index in [1.807, 2.05) is 51.3 Å². The van der Waals surface area contributed by atoms with Gasteiger partial charge in [0.15, 0.2) is 10.1 Å². The highest BCUT2D eigenvalue weighted by Crippen LogP contribution is 2.43. The molecule has 10 heterocycles. The van der Waals surface area contributed by atoms with Gasteiger partial charge in [0.1, 0.15) is 51.7 Å². The molecule has 4 aromatic rings. The highest BCUT2D eigenvalue weighted by molar-refractivity contribution is 7.90. The van der Waals surface area contributed by atoms with Crippen LogP contribution in [0, 0.1) is 59.2 Å². The number of nitrogens with one attached hydrogen (secondary N) is 8. The van der Waals surface area contributed by atoms with Gasteiger partial charge in [-0.25, -0.2) is 48.6 Å².